The zero-order valence-corrected chi connectivity index (χ0v) is 15.2. The molecule has 3 rings (SSSR count). The predicted molar refractivity (Wildman–Crippen MR) is 95.3 cm³/mol. The topological polar surface area (TPSA) is 74.5 Å². The summed E-state index contributed by atoms with van der Waals surface area (Å²) in [4.78, 5) is 21.3. The van der Waals surface area contributed by atoms with Crippen LogP contribution in [-0.2, 0) is 6.54 Å². The lowest BCUT2D eigenvalue weighted by atomic mass is 10.1. The number of benzene rings is 1. The van der Waals surface area contributed by atoms with E-state index in [2.05, 4.69) is 46.5 Å². The quantitative estimate of drug-likeness (QED) is 0.927. The van der Waals surface area contributed by atoms with Crippen LogP contribution in [0.5, 0.6) is 0 Å². The van der Waals surface area contributed by atoms with Crippen LogP contribution in [0.3, 0.4) is 0 Å². The van der Waals surface area contributed by atoms with Gasteiger partial charge in [-0.2, -0.15) is 4.98 Å². The highest BCUT2D eigenvalue weighted by Gasteiger charge is 2.29. The van der Waals surface area contributed by atoms with Gasteiger partial charge in [-0.3, -0.25) is 0 Å². The fourth-order valence-corrected chi connectivity index (χ4v) is 3.26. The Morgan fingerprint density at radius 3 is 2.88 bits per heavy atom. The van der Waals surface area contributed by atoms with E-state index in [1.54, 1.807) is 6.92 Å². The maximum Gasteiger partial charge on any atom is 0.318 e. The van der Waals surface area contributed by atoms with Crippen LogP contribution in [0.2, 0.25) is 0 Å². The van der Waals surface area contributed by atoms with Gasteiger partial charge < -0.3 is 19.6 Å². The highest BCUT2D eigenvalue weighted by Crippen LogP contribution is 2.26. The number of amides is 2. The maximum atomic E-state index is 12.9. The van der Waals surface area contributed by atoms with Crippen LogP contribution in [0.25, 0.3) is 0 Å². The molecule has 7 heteroatoms. The van der Waals surface area contributed by atoms with Crippen molar-refractivity contribution in [3.05, 3.63) is 41.5 Å². The van der Waals surface area contributed by atoms with Crippen LogP contribution in [0, 0.1) is 6.92 Å². The van der Waals surface area contributed by atoms with E-state index >= 15 is 0 Å². The van der Waals surface area contributed by atoms with Gasteiger partial charge in [0.05, 0.1) is 6.04 Å². The average Bonchev–Trinajstić information content (AvgIpc) is 2.98. The van der Waals surface area contributed by atoms with Crippen LogP contribution in [-0.4, -0.2) is 40.7 Å². The second kappa shape index (κ2) is 7.13. The van der Waals surface area contributed by atoms with Gasteiger partial charge in [-0.05, 0) is 25.0 Å². The summed E-state index contributed by atoms with van der Waals surface area (Å²) >= 11 is 0. The average molecular weight is 343 g/mol. The second-order valence-electron chi connectivity index (χ2n) is 6.57. The summed E-state index contributed by atoms with van der Waals surface area (Å²) in [5.74, 6) is 1.02. The fourth-order valence-electron chi connectivity index (χ4n) is 3.26. The van der Waals surface area contributed by atoms with E-state index in [1.165, 1.54) is 5.69 Å². The van der Waals surface area contributed by atoms with Crippen molar-refractivity contribution < 1.29 is 9.32 Å². The lowest BCUT2D eigenvalue weighted by molar-refractivity contribution is 0.173. The number of nitrogens with zero attached hydrogens (tertiary/aromatic N) is 4. The van der Waals surface area contributed by atoms with Crippen LogP contribution >= 0.6 is 0 Å². The Morgan fingerprint density at radius 1 is 1.44 bits per heavy atom. The number of fused-ring (bicyclic) bond motifs is 1. The Labute approximate surface area is 148 Å². The Morgan fingerprint density at radius 2 is 2.20 bits per heavy atom. The summed E-state index contributed by atoms with van der Waals surface area (Å²) < 4.78 is 5.04. The Kier molecular flexibility index (Phi) is 4.92. The smallest absolute Gasteiger partial charge is 0.318 e. The molecule has 0 saturated heterocycles. The summed E-state index contributed by atoms with van der Waals surface area (Å²) in [7, 11) is 2.06. The molecule has 1 aromatic heterocycles. The first kappa shape index (κ1) is 17.3. The molecule has 0 unspecified atom stereocenters. The van der Waals surface area contributed by atoms with Crippen molar-refractivity contribution in [3.8, 4) is 0 Å². The van der Waals surface area contributed by atoms with E-state index in [0.717, 1.165) is 12.1 Å². The van der Waals surface area contributed by atoms with E-state index in [4.69, 9.17) is 4.52 Å². The third-order valence-corrected chi connectivity index (χ3v) is 4.64. The number of nitrogens with one attached hydrogen (secondary N) is 1. The van der Waals surface area contributed by atoms with Crippen molar-refractivity contribution in [2.75, 3.05) is 18.5 Å². The van der Waals surface area contributed by atoms with E-state index in [1.807, 2.05) is 24.0 Å². The van der Waals surface area contributed by atoms with E-state index in [-0.39, 0.29) is 18.1 Å². The van der Waals surface area contributed by atoms with Gasteiger partial charge in [0.1, 0.15) is 0 Å². The number of likely N-dealkylation sites (N-methyl/N-ethyl adjacent to an activating group) is 1. The minimum atomic E-state index is -0.256. The lowest BCUT2D eigenvalue weighted by Gasteiger charge is -2.30. The minimum absolute atomic E-state index is 0.0851. The highest BCUT2D eigenvalue weighted by atomic mass is 16.5. The molecule has 0 saturated carbocycles. The summed E-state index contributed by atoms with van der Waals surface area (Å²) in [6.07, 6.45) is 0.698. The van der Waals surface area contributed by atoms with Crippen LogP contribution in [0.15, 0.2) is 28.8 Å². The summed E-state index contributed by atoms with van der Waals surface area (Å²) in [5.41, 5.74) is 2.32. The van der Waals surface area contributed by atoms with Crippen LogP contribution in [0.1, 0.15) is 43.6 Å². The SMILES string of the molecule is CC[C@H](NC(=O)N1Cc2ccccc2N(C)C[C@@H]1C)c1noc(C)n1. The molecule has 7 nitrogen and oxygen atoms in total. The van der Waals surface area contributed by atoms with Gasteiger partial charge in [0.2, 0.25) is 5.89 Å². The number of rotatable bonds is 3. The molecule has 134 valence electrons. The highest BCUT2D eigenvalue weighted by molar-refractivity contribution is 5.76. The molecule has 2 heterocycles. The molecule has 1 aliphatic rings. The van der Waals surface area contributed by atoms with Gasteiger partial charge in [-0.15, -0.1) is 0 Å². The van der Waals surface area contributed by atoms with Crippen molar-refractivity contribution in [2.24, 2.45) is 0 Å². The van der Waals surface area contributed by atoms with Crippen molar-refractivity contribution in [1.82, 2.24) is 20.4 Å². The summed E-state index contributed by atoms with van der Waals surface area (Å²) in [6, 6.07) is 7.93. The molecule has 1 aromatic carbocycles. The molecule has 1 aliphatic heterocycles. The van der Waals surface area contributed by atoms with Crippen LogP contribution in [0.4, 0.5) is 10.5 Å². The molecule has 1 N–H and O–H groups in total. The van der Waals surface area contributed by atoms with Gasteiger partial charge in [0, 0.05) is 38.8 Å². The number of carbonyl (C=O) groups excluding carboxylic acids is 1. The lowest BCUT2D eigenvalue weighted by Crippen LogP contribution is -2.47. The van der Waals surface area contributed by atoms with Crippen molar-refractivity contribution in [2.45, 2.75) is 45.8 Å². The van der Waals surface area contributed by atoms with Gasteiger partial charge in [-0.1, -0.05) is 30.3 Å². The summed E-state index contributed by atoms with van der Waals surface area (Å²) in [6.45, 7) is 7.17. The number of para-hydroxylation sites is 1. The largest absolute Gasteiger partial charge is 0.372 e. The number of aryl methyl sites for hydroxylation is 1. The van der Waals surface area contributed by atoms with Crippen molar-refractivity contribution in [1.29, 1.82) is 0 Å². The number of hydrogen-bond acceptors (Lipinski definition) is 5. The minimum Gasteiger partial charge on any atom is -0.372 e. The molecule has 2 atom stereocenters. The normalized spacial score (nSPS) is 18.5. The van der Waals surface area contributed by atoms with Gasteiger partial charge in [0.25, 0.3) is 0 Å². The molecule has 2 amide bonds. The first-order valence-corrected chi connectivity index (χ1v) is 8.66. The Hall–Kier alpha value is -2.57. The number of urea groups is 1. The monoisotopic (exact) mass is 343 g/mol. The molecular formula is C18H25N5O2. The third kappa shape index (κ3) is 3.60. The Balaban J connectivity index is 1.79. The molecule has 0 radical (unpaired) electrons. The number of aromatic nitrogens is 2. The number of hydrogen-bond donors (Lipinski definition) is 1. The molecule has 0 bridgehead atoms. The molecular weight excluding hydrogens is 318 g/mol. The Bertz CT molecular complexity index is 745. The van der Waals surface area contributed by atoms with E-state index in [0.29, 0.717) is 24.7 Å². The molecule has 2 aromatic rings. The molecule has 25 heavy (non-hydrogen) atoms. The number of anilines is 1. The van der Waals surface area contributed by atoms with Crippen LogP contribution < -0.4 is 10.2 Å². The second-order valence-corrected chi connectivity index (χ2v) is 6.57. The predicted octanol–water partition coefficient (Wildman–Crippen LogP) is 2.88. The van der Waals surface area contributed by atoms with E-state index < -0.39 is 0 Å². The van der Waals surface area contributed by atoms with E-state index in [9.17, 15) is 4.79 Å². The number of carbonyl (C=O) groups is 1. The van der Waals surface area contributed by atoms with Gasteiger partial charge in [0.15, 0.2) is 5.82 Å². The first-order chi connectivity index (χ1) is 12.0. The molecule has 0 aliphatic carbocycles. The fraction of sp³-hybridized carbons (Fsp3) is 0.500. The molecule has 0 fully saturated rings. The maximum absolute atomic E-state index is 12.9. The van der Waals surface area contributed by atoms with Gasteiger partial charge >= 0.3 is 6.03 Å². The summed E-state index contributed by atoms with van der Waals surface area (Å²) in [5, 5.41) is 7.00. The third-order valence-electron chi connectivity index (χ3n) is 4.64. The zero-order chi connectivity index (χ0) is 18.0. The standard InChI is InChI=1S/C18H25N5O2/c1-5-15(17-19-13(3)25-21-17)20-18(24)23-11-14-8-6-7-9-16(14)22(4)10-12(23)2/h6-9,12,15H,5,10-11H2,1-4H3,(H,20,24)/t12-,15-/m0/s1. The van der Waals surface area contributed by atoms with Gasteiger partial charge in [-0.25, -0.2) is 4.79 Å². The first-order valence-electron chi connectivity index (χ1n) is 8.66. The van der Waals surface area contributed by atoms with Crippen molar-refractivity contribution >= 4 is 11.7 Å². The zero-order valence-electron chi connectivity index (χ0n) is 15.2. The molecule has 0 spiro atoms. The van der Waals surface area contributed by atoms with Crippen molar-refractivity contribution in [3.63, 3.8) is 0 Å².